The largest absolute Gasteiger partial charge is 0.353 e. The zero-order valence-corrected chi connectivity index (χ0v) is 13.4. The molecule has 22 heavy (non-hydrogen) atoms. The van der Waals surface area contributed by atoms with Crippen LogP contribution in [0.4, 0.5) is 5.95 Å². The number of carbonyl (C=O) groups is 1. The second kappa shape index (κ2) is 7.07. The monoisotopic (exact) mass is 302 g/mol. The average Bonchev–Trinajstić information content (AvgIpc) is 2.58. The molecule has 0 aromatic carbocycles. The van der Waals surface area contributed by atoms with E-state index in [1.807, 2.05) is 6.07 Å². The van der Waals surface area contributed by atoms with Gasteiger partial charge in [-0.25, -0.2) is 9.97 Å². The fourth-order valence-electron chi connectivity index (χ4n) is 3.66. The number of hydrogen-bond donors (Lipinski definition) is 1. The summed E-state index contributed by atoms with van der Waals surface area (Å²) >= 11 is 0. The van der Waals surface area contributed by atoms with Crippen LogP contribution in [0.1, 0.15) is 45.4 Å². The predicted molar refractivity (Wildman–Crippen MR) is 86.5 cm³/mol. The minimum atomic E-state index is 0.0617. The normalized spacial score (nSPS) is 29.1. The van der Waals surface area contributed by atoms with Crippen molar-refractivity contribution in [3.63, 3.8) is 0 Å². The van der Waals surface area contributed by atoms with E-state index in [0.29, 0.717) is 12.0 Å². The van der Waals surface area contributed by atoms with Gasteiger partial charge in [0, 0.05) is 31.5 Å². The van der Waals surface area contributed by atoms with Crippen LogP contribution in [-0.4, -0.2) is 35.0 Å². The smallest absolute Gasteiger partial charge is 0.225 e. The summed E-state index contributed by atoms with van der Waals surface area (Å²) in [6.07, 6.45) is 10.4. The Bertz CT molecular complexity index is 493. The van der Waals surface area contributed by atoms with Gasteiger partial charge in [-0.2, -0.15) is 0 Å². The molecule has 1 aliphatic heterocycles. The van der Waals surface area contributed by atoms with Crippen LogP contribution in [0.3, 0.4) is 0 Å². The Morgan fingerprint density at radius 3 is 2.73 bits per heavy atom. The second-order valence-corrected chi connectivity index (χ2v) is 6.71. The van der Waals surface area contributed by atoms with Crippen molar-refractivity contribution in [2.75, 3.05) is 18.0 Å². The Kier molecular flexibility index (Phi) is 4.90. The summed E-state index contributed by atoms with van der Waals surface area (Å²) < 4.78 is 0. The van der Waals surface area contributed by atoms with Crippen molar-refractivity contribution in [1.82, 2.24) is 15.3 Å². The summed E-state index contributed by atoms with van der Waals surface area (Å²) in [5.74, 6) is 1.63. The van der Waals surface area contributed by atoms with Crippen LogP contribution >= 0.6 is 0 Å². The van der Waals surface area contributed by atoms with Crippen molar-refractivity contribution in [2.24, 2.45) is 11.8 Å². The number of nitrogens with one attached hydrogen (secondary N) is 1. The second-order valence-electron chi connectivity index (χ2n) is 6.71. The summed E-state index contributed by atoms with van der Waals surface area (Å²) in [4.78, 5) is 23.4. The number of nitrogens with zero attached hydrogens (tertiary/aromatic N) is 3. The molecule has 1 aliphatic carbocycles. The molecule has 3 atom stereocenters. The number of aromatic nitrogens is 2. The molecule has 120 valence electrons. The number of hydrogen-bond acceptors (Lipinski definition) is 4. The van der Waals surface area contributed by atoms with E-state index in [9.17, 15) is 4.79 Å². The molecule has 2 fully saturated rings. The SMILES string of the molecule is CC1CCCCC1NC(=O)C1CCCN(c2ncccn2)C1. The molecule has 1 N–H and O–H groups in total. The number of carbonyl (C=O) groups excluding carboxylic acids is 1. The molecule has 0 bridgehead atoms. The fraction of sp³-hybridized carbons (Fsp3) is 0.706. The van der Waals surface area contributed by atoms with Crippen LogP contribution in [0.25, 0.3) is 0 Å². The van der Waals surface area contributed by atoms with Gasteiger partial charge in [0.25, 0.3) is 0 Å². The summed E-state index contributed by atoms with van der Waals surface area (Å²) in [6, 6.07) is 2.19. The van der Waals surface area contributed by atoms with Crippen LogP contribution in [0.5, 0.6) is 0 Å². The van der Waals surface area contributed by atoms with Crippen molar-refractivity contribution < 1.29 is 4.79 Å². The molecule has 3 rings (SSSR count). The predicted octanol–water partition coefficient (Wildman–Crippen LogP) is 2.39. The van der Waals surface area contributed by atoms with E-state index in [0.717, 1.165) is 38.3 Å². The van der Waals surface area contributed by atoms with Crippen molar-refractivity contribution in [3.05, 3.63) is 18.5 Å². The molecule has 0 radical (unpaired) electrons. The van der Waals surface area contributed by atoms with E-state index >= 15 is 0 Å². The van der Waals surface area contributed by atoms with Crippen molar-refractivity contribution >= 4 is 11.9 Å². The lowest BCUT2D eigenvalue weighted by Crippen LogP contribution is -2.48. The van der Waals surface area contributed by atoms with Gasteiger partial charge in [0.2, 0.25) is 11.9 Å². The molecule has 1 saturated heterocycles. The zero-order chi connectivity index (χ0) is 15.4. The standard InChI is InChI=1S/C17H26N4O/c1-13-6-2-3-8-15(13)20-16(22)14-7-4-11-21(12-14)17-18-9-5-10-19-17/h5,9-10,13-15H,2-4,6-8,11-12H2,1H3,(H,20,22). The zero-order valence-electron chi connectivity index (χ0n) is 13.4. The Balaban J connectivity index is 1.58. The molecular formula is C17H26N4O. The minimum absolute atomic E-state index is 0.0617. The fourth-order valence-corrected chi connectivity index (χ4v) is 3.66. The lowest BCUT2D eigenvalue weighted by atomic mass is 9.85. The number of amides is 1. The van der Waals surface area contributed by atoms with Crippen molar-refractivity contribution in [3.8, 4) is 0 Å². The summed E-state index contributed by atoms with van der Waals surface area (Å²) in [5, 5.41) is 3.30. The van der Waals surface area contributed by atoms with Crippen LogP contribution in [0, 0.1) is 11.8 Å². The maximum Gasteiger partial charge on any atom is 0.225 e. The first-order valence-corrected chi connectivity index (χ1v) is 8.56. The van der Waals surface area contributed by atoms with E-state index < -0.39 is 0 Å². The van der Waals surface area contributed by atoms with Crippen LogP contribution in [-0.2, 0) is 4.79 Å². The van der Waals surface area contributed by atoms with E-state index in [1.165, 1.54) is 19.3 Å². The molecule has 5 heteroatoms. The highest BCUT2D eigenvalue weighted by Gasteiger charge is 2.30. The molecule has 1 aromatic rings. The molecule has 5 nitrogen and oxygen atoms in total. The van der Waals surface area contributed by atoms with Gasteiger partial charge in [-0.3, -0.25) is 4.79 Å². The first kappa shape index (κ1) is 15.3. The first-order chi connectivity index (χ1) is 10.7. The Morgan fingerprint density at radius 1 is 1.18 bits per heavy atom. The van der Waals surface area contributed by atoms with E-state index in [-0.39, 0.29) is 11.8 Å². The minimum Gasteiger partial charge on any atom is -0.353 e. The number of rotatable bonds is 3. The molecule has 1 aromatic heterocycles. The lowest BCUT2D eigenvalue weighted by molar-refractivity contribution is -0.126. The Hall–Kier alpha value is -1.65. The topological polar surface area (TPSA) is 58.1 Å². The highest BCUT2D eigenvalue weighted by atomic mass is 16.2. The molecular weight excluding hydrogens is 276 g/mol. The van der Waals surface area contributed by atoms with E-state index in [4.69, 9.17) is 0 Å². The van der Waals surface area contributed by atoms with Crippen LogP contribution in [0.2, 0.25) is 0 Å². The van der Waals surface area contributed by atoms with Gasteiger partial charge >= 0.3 is 0 Å². The quantitative estimate of drug-likeness (QED) is 0.931. The molecule has 2 aliphatic rings. The molecule has 1 amide bonds. The van der Waals surface area contributed by atoms with Gasteiger partial charge in [-0.05, 0) is 37.7 Å². The lowest BCUT2D eigenvalue weighted by Gasteiger charge is -2.35. The third kappa shape index (κ3) is 3.57. The third-order valence-corrected chi connectivity index (χ3v) is 5.07. The summed E-state index contributed by atoms with van der Waals surface area (Å²) in [7, 11) is 0. The van der Waals surface area contributed by atoms with Gasteiger partial charge in [0.05, 0.1) is 5.92 Å². The van der Waals surface area contributed by atoms with Gasteiger partial charge in [0.1, 0.15) is 0 Å². The Morgan fingerprint density at radius 2 is 1.95 bits per heavy atom. The highest BCUT2D eigenvalue weighted by molar-refractivity contribution is 5.79. The van der Waals surface area contributed by atoms with E-state index in [2.05, 4.69) is 27.1 Å². The molecule has 1 saturated carbocycles. The van der Waals surface area contributed by atoms with Gasteiger partial charge in [-0.1, -0.05) is 19.8 Å². The highest BCUT2D eigenvalue weighted by Crippen LogP contribution is 2.25. The maximum atomic E-state index is 12.6. The Labute approximate surface area is 132 Å². The van der Waals surface area contributed by atoms with Crippen molar-refractivity contribution in [2.45, 2.75) is 51.5 Å². The van der Waals surface area contributed by atoms with Gasteiger partial charge in [-0.15, -0.1) is 0 Å². The van der Waals surface area contributed by atoms with Gasteiger partial charge < -0.3 is 10.2 Å². The summed E-state index contributed by atoms with van der Waals surface area (Å²) in [5.41, 5.74) is 0. The van der Waals surface area contributed by atoms with E-state index in [1.54, 1.807) is 12.4 Å². The molecule has 2 heterocycles. The average molecular weight is 302 g/mol. The van der Waals surface area contributed by atoms with Crippen molar-refractivity contribution in [1.29, 1.82) is 0 Å². The number of anilines is 1. The number of piperidine rings is 1. The third-order valence-electron chi connectivity index (χ3n) is 5.07. The maximum absolute atomic E-state index is 12.6. The molecule has 0 spiro atoms. The van der Waals surface area contributed by atoms with Crippen LogP contribution in [0.15, 0.2) is 18.5 Å². The molecule has 3 unspecified atom stereocenters. The summed E-state index contributed by atoms with van der Waals surface area (Å²) in [6.45, 7) is 3.93. The van der Waals surface area contributed by atoms with Gasteiger partial charge in [0.15, 0.2) is 0 Å². The van der Waals surface area contributed by atoms with Crippen LogP contribution < -0.4 is 10.2 Å². The first-order valence-electron chi connectivity index (χ1n) is 8.56.